The molecule has 5 heteroatoms. The lowest BCUT2D eigenvalue weighted by Crippen LogP contribution is -2.03. The monoisotopic (exact) mass is 173 g/mol. The largest absolute Gasteiger partial charge is 0.480 e. The first-order valence-corrected chi connectivity index (χ1v) is 2.73. The molecule has 11 heavy (non-hydrogen) atoms. The SMILES string of the molecule is COC(=N)c1cnccn1.Cl. The Labute approximate surface area is 70.6 Å². The van der Waals surface area contributed by atoms with Crippen molar-refractivity contribution in [3.05, 3.63) is 24.3 Å². The second-order valence-electron chi connectivity index (χ2n) is 1.62. The summed E-state index contributed by atoms with van der Waals surface area (Å²) in [7, 11) is 1.43. The molecular formula is C6H8ClN3O. The van der Waals surface area contributed by atoms with E-state index >= 15 is 0 Å². The highest BCUT2D eigenvalue weighted by Crippen LogP contribution is 1.90. The smallest absolute Gasteiger partial charge is 0.233 e. The zero-order valence-corrected chi connectivity index (χ0v) is 6.76. The molecule has 0 spiro atoms. The molecule has 1 aromatic rings. The third kappa shape index (κ3) is 2.51. The number of hydrogen-bond donors (Lipinski definition) is 1. The summed E-state index contributed by atoms with van der Waals surface area (Å²) in [5.41, 5.74) is 0.449. The molecule has 0 atom stereocenters. The lowest BCUT2D eigenvalue weighted by Gasteiger charge is -1.97. The van der Waals surface area contributed by atoms with Crippen LogP contribution in [0.25, 0.3) is 0 Å². The predicted octanol–water partition coefficient (Wildman–Crippen LogP) is 0.870. The van der Waals surface area contributed by atoms with Crippen molar-refractivity contribution >= 4 is 18.3 Å². The fourth-order valence-corrected chi connectivity index (χ4v) is 0.521. The van der Waals surface area contributed by atoms with Gasteiger partial charge in [-0.25, -0.2) is 4.98 Å². The number of nitrogens with zero attached hydrogens (tertiary/aromatic N) is 2. The van der Waals surface area contributed by atoms with Crippen LogP contribution in [0.3, 0.4) is 0 Å². The Balaban J connectivity index is 0.000001000. The quantitative estimate of drug-likeness (QED) is 0.507. The van der Waals surface area contributed by atoms with Crippen LogP contribution in [-0.4, -0.2) is 23.0 Å². The van der Waals surface area contributed by atoms with Gasteiger partial charge in [-0.1, -0.05) is 0 Å². The first-order chi connectivity index (χ1) is 4.84. The Morgan fingerprint density at radius 1 is 1.55 bits per heavy atom. The summed E-state index contributed by atoms with van der Waals surface area (Å²) >= 11 is 0. The molecule has 1 aromatic heterocycles. The number of methoxy groups -OCH3 is 1. The van der Waals surface area contributed by atoms with E-state index in [2.05, 4.69) is 14.7 Å². The van der Waals surface area contributed by atoms with Crippen LogP contribution in [0.2, 0.25) is 0 Å². The lowest BCUT2D eigenvalue weighted by atomic mass is 10.4. The number of aromatic nitrogens is 2. The molecule has 0 bridgehead atoms. The van der Waals surface area contributed by atoms with Crippen molar-refractivity contribution in [2.75, 3.05) is 7.11 Å². The van der Waals surface area contributed by atoms with Crippen molar-refractivity contribution in [2.24, 2.45) is 0 Å². The summed E-state index contributed by atoms with van der Waals surface area (Å²) in [6, 6.07) is 0. The standard InChI is InChI=1S/C6H7N3O.ClH/c1-10-6(7)5-4-8-2-3-9-5;/h2-4,7H,1H3;1H. The first-order valence-electron chi connectivity index (χ1n) is 2.73. The number of hydrogen-bond acceptors (Lipinski definition) is 4. The Morgan fingerprint density at radius 3 is 2.73 bits per heavy atom. The zero-order valence-electron chi connectivity index (χ0n) is 5.94. The molecule has 0 fully saturated rings. The van der Waals surface area contributed by atoms with Gasteiger partial charge in [0.1, 0.15) is 5.69 Å². The van der Waals surface area contributed by atoms with Crippen molar-refractivity contribution in [1.82, 2.24) is 9.97 Å². The minimum atomic E-state index is 0. The van der Waals surface area contributed by atoms with Gasteiger partial charge in [-0.2, -0.15) is 0 Å². The number of nitrogens with one attached hydrogen (secondary N) is 1. The Hall–Kier alpha value is -1.16. The van der Waals surface area contributed by atoms with Gasteiger partial charge in [-0.3, -0.25) is 10.4 Å². The van der Waals surface area contributed by atoms with Gasteiger partial charge >= 0.3 is 0 Å². The van der Waals surface area contributed by atoms with Crippen molar-refractivity contribution in [1.29, 1.82) is 5.41 Å². The van der Waals surface area contributed by atoms with E-state index in [0.29, 0.717) is 5.69 Å². The molecular weight excluding hydrogens is 166 g/mol. The highest BCUT2D eigenvalue weighted by Gasteiger charge is 1.98. The van der Waals surface area contributed by atoms with Crippen LogP contribution >= 0.6 is 12.4 Å². The summed E-state index contributed by atoms with van der Waals surface area (Å²) in [5, 5.41) is 7.15. The van der Waals surface area contributed by atoms with Crippen LogP contribution in [0.15, 0.2) is 18.6 Å². The maximum Gasteiger partial charge on any atom is 0.233 e. The van der Waals surface area contributed by atoms with Crippen LogP contribution in [0.5, 0.6) is 0 Å². The summed E-state index contributed by atoms with van der Waals surface area (Å²) in [6.07, 6.45) is 4.54. The highest BCUT2D eigenvalue weighted by atomic mass is 35.5. The van der Waals surface area contributed by atoms with E-state index in [-0.39, 0.29) is 18.3 Å². The molecule has 0 aliphatic rings. The Bertz CT molecular complexity index is 227. The van der Waals surface area contributed by atoms with Gasteiger partial charge < -0.3 is 4.74 Å². The Kier molecular flexibility index (Phi) is 4.14. The average molecular weight is 174 g/mol. The zero-order chi connectivity index (χ0) is 7.40. The fourth-order valence-electron chi connectivity index (χ4n) is 0.521. The number of rotatable bonds is 1. The normalized spacial score (nSPS) is 8.09. The molecule has 0 aromatic carbocycles. The van der Waals surface area contributed by atoms with Crippen molar-refractivity contribution in [3.63, 3.8) is 0 Å². The van der Waals surface area contributed by atoms with Crippen LogP contribution < -0.4 is 0 Å². The van der Waals surface area contributed by atoms with Gasteiger partial charge in [0.15, 0.2) is 0 Å². The number of ether oxygens (including phenoxy) is 1. The van der Waals surface area contributed by atoms with Crippen LogP contribution in [-0.2, 0) is 4.74 Å². The van der Waals surface area contributed by atoms with E-state index in [1.54, 1.807) is 6.20 Å². The fraction of sp³-hybridized carbons (Fsp3) is 0.167. The first kappa shape index (κ1) is 9.84. The molecule has 0 saturated heterocycles. The van der Waals surface area contributed by atoms with E-state index < -0.39 is 0 Å². The van der Waals surface area contributed by atoms with Gasteiger partial charge in [0, 0.05) is 12.4 Å². The molecule has 1 N–H and O–H groups in total. The molecule has 0 aliphatic heterocycles. The number of halogens is 1. The maximum atomic E-state index is 7.15. The predicted molar refractivity (Wildman–Crippen MR) is 43.1 cm³/mol. The molecule has 0 radical (unpaired) electrons. The van der Waals surface area contributed by atoms with Gasteiger partial charge in [0.2, 0.25) is 5.90 Å². The minimum absolute atomic E-state index is 0. The molecule has 0 saturated carbocycles. The molecule has 0 unspecified atom stereocenters. The Morgan fingerprint density at radius 2 is 2.27 bits per heavy atom. The van der Waals surface area contributed by atoms with E-state index in [1.165, 1.54) is 19.5 Å². The van der Waals surface area contributed by atoms with Crippen molar-refractivity contribution < 1.29 is 4.74 Å². The molecule has 1 rings (SSSR count). The van der Waals surface area contributed by atoms with E-state index in [0.717, 1.165) is 0 Å². The van der Waals surface area contributed by atoms with E-state index in [1.807, 2.05) is 0 Å². The molecule has 0 aliphatic carbocycles. The summed E-state index contributed by atoms with van der Waals surface area (Å²) in [5.74, 6) is 0.0353. The van der Waals surface area contributed by atoms with Gasteiger partial charge in [0.25, 0.3) is 0 Å². The third-order valence-corrected chi connectivity index (χ3v) is 1.000. The summed E-state index contributed by atoms with van der Waals surface area (Å²) in [6.45, 7) is 0. The molecule has 0 amide bonds. The highest BCUT2D eigenvalue weighted by molar-refractivity contribution is 5.88. The minimum Gasteiger partial charge on any atom is -0.480 e. The average Bonchev–Trinajstić information content (AvgIpc) is 2.05. The summed E-state index contributed by atoms with van der Waals surface area (Å²) in [4.78, 5) is 7.61. The van der Waals surface area contributed by atoms with Crippen LogP contribution in [0.4, 0.5) is 0 Å². The van der Waals surface area contributed by atoms with Gasteiger partial charge in [-0.15, -0.1) is 12.4 Å². The maximum absolute atomic E-state index is 7.15. The van der Waals surface area contributed by atoms with Crippen LogP contribution in [0.1, 0.15) is 5.69 Å². The van der Waals surface area contributed by atoms with Gasteiger partial charge in [0.05, 0.1) is 13.3 Å². The summed E-state index contributed by atoms with van der Waals surface area (Å²) < 4.78 is 4.62. The topological polar surface area (TPSA) is 58.9 Å². The van der Waals surface area contributed by atoms with Gasteiger partial charge in [-0.05, 0) is 0 Å². The second-order valence-corrected chi connectivity index (χ2v) is 1.62. The van der Waals surface area contributed by atoms with Crippen molar-refractivity contribution in [2.45, 2.75) is 0 Å². The molecule has 60 valence electrons. The lowest BCUT2D eigenvalue weighted by molar-refractivity contribution is 0.399. The van der Waals surface area contributed by atoms with Crippen molar-refractivity contribution in [3.8, 4) is 0 Å². The van der Waals surface area contributed by atoms with E-state index in [9.17, 15) is 0 Å². The third-order valence-electron chi connectivity index (χ3n) is 1.000. The van der Waals surface area contributed by atoms with Crippen LogP contribution in [0, 0.1) is 5.41 Å². The molecule has 1 heterocycles. The van der Waals surface area contributed by atoms with E-state index in [4.69, 9.17) is 5.41 Å². The second kappa shape index (κ2) is 4.62. The molecule has 4 nitrogen and oxygen atoms in total.